The molecule has 0 radical (unpaired) electrons. The van der Waals surface area contributed by atoms with Crippen LogP contribution in [0.25, 0.3) is 7.24 Å². The quantitative estimate of drug-likeness (QED) is 0.608. The van der Waals surface area contributed by atoms with Crippen molar-refractivity contribution in [3.63, 3.8) is 0 Å². The van der Waals surface area contributed by atoms with E-state index in [0.29, 0.717) is 0 Å². The van der Waals surface area contributed by atoms with E-state index in [0.717, 1.165) is 18.4 Å². The first-order valence-corrected chi connectivity index (χ1v) is 14.2. The molecular formula is C16H12Cl2Te. The Morgan fingerprint density at radius 1 is 0.579 bits per heavy atom. The van der Waals surface area contributed by atoms with Crippen LogP contribution < -0.4 is 0 Å². The molecule has 0 spiro atoms. The molecule has 0 nitrogen and oxygen atoms in total. The van der Waals surface area contributed by atoms with Gasteiger partial charge in [-0.2, -0.15) is 0 Å². The number of allylic oxidation sites excluding steroid dienone is 2. The summed E-state index contributed by atoms with van der Waals surface area (Å²) in [6.07, 6.45) is 4.16. The summed E-state index contributed by atoms with van der Waals surface area (Å²) in [4.78, 5) is 0. The molecule has 0 unspecified atom stereocenters. The summed E-state index contributed by atoms with van der Waals surface area (Å²) < 4.78 is 2.23. The zero-order valence-electron chi connectivity index (χ0n) is 10.1. The SMILES string of the molecule is Cl[Te]1(Cl)C(c2ccccc2)=CC=C1c1ccccc1. The average molecular weight is 403 g/mol. The molecule has 1 aliphatic heterocycles. The van der Waals surface area contributed by atoms with Crippen LogP contribution >= 0.6 is 17.9 Å². The van der Waals surface area contributed by atoms with E-state index in [2.05, 4.69) is 36.4 Å². The predicted octanol–water partition coefficient (Wildman–Crippen LogP) is 5.17. The van der Waals surface area contributed by atoms with E-state index in [4.69, 9.17) is 17.9 Å². The summed E-state index contributed by atoms with van der Waals surface area (Å²) in [5.74, 6) is 0. The Labute approximate surface area is 124 Å². The monoisotopic (exact) mass is 404 g/mol. The van der Waals surface area contributed by atoms with Crippen LogP contribution in [-0.2, 0) is 0 Å². The molecule has 0 amide bonds. The molecule has 0 aliphatic carbocycles. The van der Waals surface area contributed by atoms with Crippen molar-refractivity contribution in [2.75, 3.05) is 0 Å². The number of benzene rings is 2. The molecule has 1 aliphatic rings. The van der Waals surface area contributed by atoms with E-state index < -0.39 is 15.9 Å². The Morgan fingerprint density at radius 2 is 0.947 bits per heavy atom. The van der Waals surface area contributed by atoms with E-state index in [1.54, 1.807) is 0 Å². The van der Waals surface area contributed by atoms with Gasteiger partial charge in [-0.15, -0.1) is 0 Å². The molecule has 0 N–H and O–H groups in total. The molecule has 0 fully saturated rings. The molecule has 3 heteroatoms. The van der Waals surface area contributed by atoms with Crippen LogP contribution in [0.5, 0.6) is 0 Å². The molecular weight excluding hydrogens is 391 g/mol. The van der Waals surface area contributed by atoms with Gasteiger partial charge in [0, 0.05) is 0 Å². The van der Waals surface area contributed by atoms with Crippen molar-refractivity contribution >= 4 is 41.1 Å². The summed E-state index contributed by atoms with van der Waals surface area (Å²) in [5.41, 5.74) is 2.27. The summed E-state index contributed by atoms with van der Waals surface area (Å²) in [6.45, 7) is 0. The molecule has 0 saturated carbocycles. The molecule has 0 aromatic heterocycles. The van der Waals surface area contributed by atoms with Crippen molar-refractivity contribution in [1.29, 1.82) is 0 Å². The number of rotatable bonds is 2. The van der Waals surface area contributed by atoms with E-state index in [1.807, 2.05) is 36.4 Å². The van der Waals surface area contributed by atoms with Gasteiger partial charge in [0.2, 0.25) is 0 Å². The van der Waals surface area contributed by atoms with Crippen molar-refractivity contribution in [3.05, 3.63) is 83.9 Å². The van der Waals surface area contributed by atoms with Crippen molar-refractivity contribution in [1.82, 2.24) is 0 Å². The van der Waals surface area contributed by atoms with Gasteiger partial charge in [0.05, 0.1) is 0 Å². The third-order valence-electron chi connectivity index (χ3n) is 3.06. The summed E-state index contributed by atoms with van der Waals surface area (Å²) in [5, 5.41) is 0. The molecule has 0 saturated heterocycles. The third-order valence-corrected chi connectivity index (χ3v) is 12.8. The number of halogens is 2. The normalized spacial score (nSPS) is 18.6. The van der Waals surface area contributed by atoms with Crippen LogP contribution in [0.15, 0.2) is 72.8 Å². The Bertz CT molecular complexity index is 585. The standard InChI is InChI=1S/C16H12Cl2Te/c17-19(18)15(13-7-3-1-4-8-13)11-12-16(19)14-9-5-2-6-10-14/h1-12H. The van der Waals surface area contributed by atoms with E-state index in [1.165, 1.54) is 0 Å². The van der Waals surface area contributed by atoms with Gasteiger partial charge >= 0.3 is 125 Å². The van der Waals surface area contributed by atoms with Gasteiger partial charge < -0.3 is 0 Å². The maximum atomic E-state index is 6.79. The van der Waals surface area contributed by atoms with Crippen LogP contribution in [0.3, 0.4) is 0 Å². The zero-order chi connectivity index (χ0) is 13.3. The zero-order valence-corrected chi connectivity index (χ0v) is 13.9. The topological polar surface area (TPSA) is 0 Å². The second kappa shape index (κ2) is 5.35. The Kier molecular flexibility index (Phi) is 3.74. The van der Waals surface area contributed by atoms with E-state index in [-0.39, 0.29) is 0 Å². The van der Waals surface area contributed by atoms with Crippen LogP contribution in [-0.4, -0.2) is 15.9 Å². The maximum absolute atomic E-state index is 6.79. The Morgan fingerprint density at radius 3 is 1.32 bits per heavy atom. The van der Waals surface area contributed by atoms with Crippen molar-refractivity contribution in [2.24, 2.45) is 0 Å². The first kappa shape index (κ1) is 13.3. The second-order valence-corrected chi connectivity index (χ2v) is 16.7. The Balaban J connectivity index is 1.99. The fraction of sp³-hybridized carbons (Fsp3) is 0. The predicted molar refractivity (Wildman–Crippen MR) is 86.3 cm³/mol. The molecule has 3 rings (SSSR count). The first-order valence-electron chi connectivity index (χ1n) is 5.95. The summed E-state index contributed by atoms with van der Waals surface area (Å²) in [6, 6.07) is 20.3. The van der Waals surface area contributed by atoms with Gasteiger partial charge in [-0.25, -0.2) is 0 Å². The fourth-order valence-electron chi connectivity index (χ4n) is 2.13. The second-order valence-electron chi connectivity index (χ2n) is 4.26. The molecule has 2 aromatic rings. The van der Waals surface area contributed by atoms with Crippen molar-refractivity contribution in [3.8, 4) is 0 Å². The van der Waals surface area contributed by atoms with Gasteiger partial charge in [-0.05, 0) is 0 Å². The van der Waals surface area contributed by atoms with Crippen LogP contribution in [0.2, 0.25) is 0 Å². The van der Waals surface area contributed by atoms with Crippen molar-refractivity contribution < 1.29 is 0 Å². The van der Waals surface area contributed by atoms with Crippen molar-refractivity contribution in [2.45, 2.75) is 0 Å². The number of hydrogen-bond acceptors (Lipinski definition) is 0. The molecule has 96 valence electrons. The minimum atomic E-state index is -3.21. The van der Waals surface area contributed by atoms with Gasteiger partial charge in [-0.1, -0.05) is 0 Å². The third kappa shape index (κ3) is 2.49. The summed E-state index contributed by atoms with van der Waals surface area (Å²) in [7, 11) is 13.6. The van der Waals surface area contributed by atoms with Gasteiger partial charge in [-0.3, -0.25) is 0 Å². The summed E-state index contributed by atoms with van der Waals surface area (Å²) >= 11 is -3.21. The molecule has 2 aromatic carbocycles. The van der Waals surface area contributed by atoms with E-state index >= 15 is 0 Å². The minimum absolute atomic E-state index is 1.12. The van der Waals surface area contributed by atoms with E-state index in [9.17, 15) is 0 Å². The number of hydrogen-bond donors (Lipinski definition) is 0. The molecule has 0 bridgehead atoms. The first-order chi connectivity index (χ1) is 9.19. The average Bonchev–Trinajstić information content (AvgIpc) is 2.76. The van der Waals surface area contributed by atoms with Gasteiger partial charge in [0.25, 0.3) is 0 Å². The van der Waals surface area contributed by atoms with Crippen LogP contribution in [0.4, 0.5) is 0 Å². The Hall–Kier alpha value is -0.710. The van der Waals surface area contributed by atoms with Gasteiger partial charge in [0.15, 0.2) is 0 Å². The van der Waals surface area contributed by atoms with Gasteiger partial charge in [0.1, 0.15) is 0 Å². The molecule has 19 heavy (non-hydrogen) atoms. The van der Waals surface area contributed by atoms with Crippen LogP contribution in [0, 0.1) is 0 Å². The molecule has 0 atom stereocenters. The van der Waals surface area contributed by atoms with Crippen LogP contribution in [0.1, 0.15) is 11.1 Å². The molecule has 1 heterocycles. The fourth-order valence-corrected chi connectivity index (χ4v) is 10.4.